The Morgan fingerprint density at radius 1 is 1.03 bits per heavy atom. The Balaban J connectivity index is 1.53. The zero-order valence-corrected chi connectivity index (χ0v) is 17.4. The molecular formula is C23H31N3O3. The average molecular weight is 398 g/mol. The zero-order chi connectivity index (χ0) is 20.5. The number of amides is 1. The molecule has 6 heteroatoms. The highest BCUT2D eigenvalue weighted by Gasteiger charge is 2.13. The first-order valence-corrected chi connectivity index (χ1v) is 10.4. The van der Waals surface area contributed by atoms with Crippen LogP contribution in [-0.4, -0.2) is 37.7 Å². The number of anilines is 1. The van der Waals surface area contributed by atoms with Crippen LogP contribution in [0.1, 0.15) is 54.6 Å². The van der Waals surface area contributed by atoms with Crippen LogP contribution < -0.4 is 20.1 Å². The van der Waals surface area contributed by atoms with Crippen molar-refractivity contribution in [3.63, 3.8) is 0 Å². The SMILES string of the molecule is COc1ccc(CCNC(=O)c2cc(NC3CCCCCC3)ccn2)cc1OC. The largest absolute Gasteiger partial charge is 0.493 e. The zero-order valence-electron chi connectivity index (χ0n) is 17.4. The quantitative estimate of drug-likeness (QED) is 0.653. The maximum atomic E-state index is 12.5. The summed E-state index contributed by atoms with van der Waals surface area (Å²) in [5, 5.41) is 6.53. The van der Waals surface area contributed by atoms with Crippen LogP contribution in [0.4, 0.5) is 5.69 Å². The number of pyridine rings is 1. The predicted octanol–water partition coefficient (Wildman–Crippen LogP) is 4.21. The normalized spacial score (nSPS) is 14.7. The first kappa shape index (κ1) is 21.0. The molecule has 1 aromatic carbocycles. The molecule has 0 aliphatic heterocycles. The highest BCUT2D eigenvalue weighted by atomic mass is 16.5. The van der Waals surface area contributed by atoms with Crippen molar-refractivity contribution >= 4 is 11.6 Å². The molecule has 1 aliphatic rings. The monoisotopic (exact) mass is 397 g/mol. The molecule has 0 spiro atoms. The molecule has 0 atom stereocenters. The Labute approximate surface area is 173 Å². The van der Waals surface area contributed by atoms with E-state index in [1.807, 2.05) is 30.3 Å². The molecule has 1 aliphatic carbocycles. The number of nitrogens with one attached hydrogen (secondary N) is 2. The second-order valence-electron chi connectivity index (χ2n) is 7.46. The fourth-order valence-corrected chi connectivity index (χ4v) is 3.75. The predicted molar refractivity (Wildman–Crippen MR) is 115 cm³/mol. The van der Waals surface area contributed by atoms with E-state index in [1.165, 1.54) is 38.5 Å². The van der Waals surface area contributed by atoms with Crippen molar-refractivity contribution in [2.24, 2.45) is 0 Å². The lowest BCUT2D eigenvalue weighted by Gasteiger charge is -2.18. The van der Waals surface area contributed by atoms with Crippen molar-refractivity contribution in [1.82, 2.24) is 10.3 Å². The third-order valence-electron chi connectivity index (χ3n) is 5.37. The third-order valence-corrected chi connectivity index (χ3v) is 5.37. The molecule has 2 N–H and O–H groups in total. The third kappa shape index (κ3) is 6.11. The van der Waals surface area contributed by atoms with Gasteiger partial charge in [-0.05, 0) is 49.1 Å². The summed E-state index contributed by atoms with van der Waals surface area (Å²) in [6.45, 7) is 0.524. The highest BCUT2D eigenvalue weighted by Crippen LogP contribution is 2.27. The number of methoxy groups -OCH3 is 2. The van der Waals surface area contributed by atoms with Gasteiger partial charge in [-0.15, -0.1) is 0 Å². The molecule has 1 saturated carbocycles. The molecule has 0 saturated heterocycles. The summed E-state index contributed by atoms with van der Waals surface area (Å²) in [5.74, 6) is 1.23. The van der Waals surface area contributed by atoms with Crippen LogP contribution in [0.3, 0.4) is 0 Å². The van der Waals surface area contributed by atoms with Crippen molar-refractivity contribution in [3.05, 3.63) is 47.8 Å². The lowest BCUT2D eigenvalue weighted by atomic mass is 10.1. The van der Waals surface area contributed by atoms with Crippen LogP contribution in [-0.2, 0) is 6.42 Å². The summed E-state index contributed by atoms with van der Waals surface area (Å²) in [6.07, 6.45) is 9.96. The average Bonchev–Trinajstić information content (AvgIpc) is 3.02. The molecule has 2 aromatic rings. The molecular weight excluding hydrogens is 366 g/mol. The number of carbonyl (C=O) groups is 1. The first-order valence-electron chi connectivity index (χ1n) is 10.4. The van der Waals surface area contributed by atoms with Gasteiger partial charge in [0, 0.05) is 24.5 Å². The van der Waals surface area contributed by atoms with Crippen molar-refractivity contribution in [1.29, 1.82) is 0 Å². The van der Waals surface area contributed by atoms with Crippen molar-refractivity contribution in [3.8, 4) is 11.5 Å². The Bertz CT molecular complexity index is 802. The van der Waals surface area contributed by atoms with Gasteiger partial charge >= 0.3 is 0 Å². The topological polar surface area (TPSA) is 72.5 Å². The highest BCUT2D eigenvalue weighted by molar-refractivity contribution is 5.93. The van der Waals surface area contributed by atoms with E-state index in [0.717, 1.165) is 11.3 Å². The van der Waals surface area contributed by atoms with Crippen LogP contribution in [0.15, 0.2) is 36.5 Å². The Morgan fingerprint density at radius 3 is 2.52 bits per heavy atom. The van der Waals surface area contributed by atoms with Gasteiger partial charge in [-0.2, -0.15) is 0 Å². The van der Waals surface area contributed by atoms with E-state index in [0.29, 0.717) is 36.2 Å². The van der Waals surface area contributed by atoms with Crippen molar-refractivity contribution < 1.29 is 14.3 Å². The number of carbonyl (C=O) groups excluding carboxylic acids is 1. The maximum absolute atomic E-state index is 12.5. The number of nitrogens with zero attached hydrogens (tertiary/aromatic N) is 1. The summed E-state index contributed by atoms with van der Waals surface area (Å²) in [7, 11) is 3.23. The fourth-order valence-electron chi connectivity index (χ4n) is 3.75. The molecule has 0 radical (unpaired) electrons. The number of aromatic nitrogens is 1. The molecule has 0 unspecified atom stereocenters. The first-order chi connectivity index (χ1) is 14.2. The van der Waals surface area contributed by atoms with Crippen LogP contribution in [0.2, 0.25) is 0 Å². The molecule has 1 heterocycles. The van der Waals surface area contributed by atoms with Gasteiger partial charge in [-0.25, -0.2) is 0 Å². The van der Waals surface area contributed by atoms with Gasteiger partial charge in [-0.3, -0.25) is 9.78 Å². The van der Waals surface area contributed by atoms with Crippen molar-refractivity contribution in [2.75, 3.05) is 26.1 Å². The summed E-state index contributed by atoms with van der Waals surface area (Å²) < 4.78 is 10.6. The minimum atomic E-state index is -0.157. The number of hydrogen-bond donors (Lipinski definition) is 2. The summed E-state index contributed by atoms with van der Waals surface area (Å²) >= 11 is 0. The van der Waals surface area contributed by atoms with Crippen LogP contribution >= 0.6 is 0 Å². The van der Waals surface area contributed by atoms with E-state index in [-0.39, 0.29) is 5.91 Å². The Hall–Kier alpha value is -2.76. The molecule has 3 rings (SSSR count). The molecule has 1 amide bonds. The fraction of sp³-hybridized carbons (Fsp3) is 0.478. The van der Waals surface area contributed by atoms with E-state index in [4.69, 9.17) is 9.47 Å². The minimum Gasteiger partial charge on any atom is -0.493 e. The maximum Gasteiger partial charge on any atom is 0.269 e. The number of ether oxygens (including phenoxy) is 2. The Morgan fingerprint density at radius 2 is 1.79 bits per heavy atom. The summed E-state index contributed by atoms with van der Waals surface area (Å²) in [6, 6.07) is 10.0. The van der Waals surface area contributed by atoms with Crippen molar-refractivity contribution in [2.45, 2.75) is 51.0 Å². The molecule has 0 bridgehead atoms. The van der Waals surface area contributed by atoms with Gasteiger partial charge in [0.25, 0.3) is 5.91 Å². The van der Waals surface area contributed by atoms with E-state index < -0.39 is 0 Å². The molecule has 1 fully saturated rings. The lowest BCUT2D eigenvalue weighted by molar-refractivity contribution is 0.0949. The molecule has 6 nitrogen and oxygen atoms in total. The molecule has 1 aromatic heterocycles. The van der Waals surface area contributed by atoms with Gasteiger partial charge in [0.2, 0.25) is 0 Å². The summed E-state index contributed by atoms with van der Waals surface area (Å²) in [5.41, 5.74) is 2.48. The van der Waals surface area contributed by atoms with Crippen LogP contribution in [0.25, 0.3) is 0 Å². The number of benzene rings is 1. The number of hydrogen-bond acceptors (Lipinski definition) is 5. The molecule has 29 heavy (non-hydrogen) atoms. The lowest BCUT2D eigenvalue weighted by Crippen LogP contribution is -2.27. The molecule has 156 valence electrons. The smallest absolute Gasteiger partial charge is 0.269 e. The van der Waals surface area contributed by atoms with Gasteiger partial charge < -0.3 is 20.1 Å². The van der Waals surface area contributed by atoms with E-state index in [9.17, 15) is 4.79 Å². The second kappa shape index (κ2) is 10.7. The van der Waals surface area contributed by atoms with E-state index in [1.54, 1.807) is 20.4 Å². The van der Waals surface area contributed by atoms with E-state index >= 15 is 0 Å². The number of rotatable bonds is 8. The van der Waals surface area contributed by atoms with Gasteiger partial charge in [0.15, 0.2) is 11.5 Å². The van der Waals surface area contributed by atoms with Crippen LogP contribution in [0, 0.1) is 0 Å². The second-order valence-corrected chi connectivity index (χ2v) is 7.46. The van der Waals surface area contributed by atoms with E-state index in [2.05, 4.69) is 15.6 Å². The minimum absolute atomic E-state index is 0.157. The van der Waals surface area contributed by atoms with Gasteiger partial charge in [0.05, 0.1) is 14.2 Å². The van der Waals surface area contributed by atoms with Crippen LogP contribution in [0.5, 0.6) is 11.5 Å². The van der Waals surface area contributed by atoms with Gasteiger partial charge in [-0.1, -0.05) is 31.7 Å². The Kier molecular flexibility index (Phi) is 7.73. The summed E-state index contributed by atoms with van der Waals surface area (Å²) in [4.78, 5) is 16.7. The van der Waals surface area contributed by atoms with Gasteiger partial charge in [0.1, 0.15) is 5.69 Å². The standard InChI is InChI=1S/C23H31N3O3/c1-28-21-10-9-17(15-22(21)29-2)11-13-25-23(27)20-16-19(12-14-24-20)26-18-7-5-3-4-6-8-18/h9-10,12,14-16,18H,3-8,11,13H2,1-2H3,(H,24,26)(H,25,27).